The van der Waals surface area contributed by atoms with E-state index in [1.165, 1.54) is 4.88 Å². The number of nitrogens with two attached hydrogens (primary N) is 1. The molecule has 0 unspecified atom stereocenters. The molecule has 1 aliphatic rings. The molecular formula is C17H21N3O2S. The van der Waals surface area contributed by atoms with Crippen LogP contribution in [0.1, 0.15) is 21.1 Å². The van der Waals surface area contributed by atoms with Crippen molar-refractivity contribution in [3.8, 4) is 0 Å². The Morgan fingerprint density at radius 3 is 3.09 bits per heavy atom. The summed E-state index contributed by atoms with van der Waals surface area (Å²) in [5.41, 5.74) is 6.53. The molecule has 0 radical (unpaired) electrons. The molecule has 0 saturated carbocycles. The van der Waals surface area contributed by atoms with E-state index in [4.69, 9.17) is 10.5 Å². The van der Waals surface area contributed by atoms with Crippen molar-refractivity contribution in [3.63, 3.8) is 0 Å². The third-order valence-corrected chi connectivity index (χ3v) is 4.80. The van der Waals surface area contributed by atoms with Gasteiger partial charge in [0.2, 0.25) is 0 Å². The van der Waals surface area contributed by atoms with Crippen molar-refractivity contribution in [1.82, 2.24) is 9.88 Å². The minimum absolute atomic E-state index is 0.326. The van der Waals surface area contributed by atoms with E-state index < -0.39 is 5.91 Å². The molecule has 0 spiro atoms. The van der Waals surface area contributed by atoms with E-state index in [0.717, 1.165) is 45.0 Å². The molecule has 0 aromatic carbocycles. The molecule has 0 aliphatic carbocycles. The Morgan fingerprint density at radius 2 is 2.30 bits per heavy atom. The maximum atomic E-state index is 11.3. The summed E-state index contributed by atoms with van der Waals surface area (Å²) in [5, 5.41) is 2.11. The predicted octanol–water partition coefficient (Wildman–Crippen LogP) is 1.93. The van der Waals surface area contributed by atoms with Crippen LogP contribution in [0, 0.1) is 5.92 Å². The molecule has 2 N–H and O–H groups in total. The average molecular weight is 331 g/mol. The SMILES string of the molecule is NC(=O)c1cccc(C[C@H]2COCCN(Cc3cccs3)C2)n1. The van der Waals surface area contributed by atoms with Gasteiger partial charge >= 0.3 is 0 Å². The maximum absolute atomic E-state index is 11.3. The highest BCUT2D eigenvalue weighted by Gasteiger charge is 2.20. The minimum Gasteiger partial charge on any atom is -0.380 e. The molecule has 3 heterocycles. The zero-order chi connectivity index (χ0) is 16.1. The molecule has 122 valence electrons. The summed E-state index contributed by atoms with van der Waals surface area (Å²) in [6.45, 7) is 4.37. The lowest BCUT2D eigenvalue weighted by Crippen LogP contribution is -2.30. The number of primary amides is 1. The molecule has 6 heteroatoms. The van der Waals surface area contributed by atoms with Gasteiger partial charge in [0.15, 0.2) is 0 Å². The van der Waals surface area contributed by atoms with Gasteiger partial charge in [-0.1, -0.05) is 12.1 Å². The fraction of sp³-hybridized carbons (Fsp3) is 0.412. The highest BCUT2D eigenvalue weighted by atomic mass is 32.1. The first-order chi connectivity index (χ1) is 11.2. The summed E-state index contributed by atoms with van der Waals surface area (Å²) in [6, 6.07) is 9.69. The number of hydrogen-bond donors (Lipinski definition) is 1. The summed E-state index contributed by atoms with van der Waals surface area (Å²) >= 11 is 1.79. The smallest absolute Gasteiger partial charge is 0.267 e. The number of carbonyl (C=O) groups excluding carboxylic acids is 1. The standard InChI is InChI=1S/C17H21N3O2S/c18-17(21)16-5-1-3-14(19-16)9-13-10-20(6-7-22-12-13)11-15-4-2-8-23-15/h1-5,8,13H,6-7,9-12H2,(H2,18,21)/t13-/m1/s1. The van der Waals surface area contributed by atoms with Crippen molar-refractivity contribution in [1.29, 1.82) is 0 Å². The second kappa shape index (κ2) is 7.68. The lowest BCUT2D eigenvalue weighted by atomic mass is 10.0. The Hall–Kier alpha value is -1.76. The van der Waals surface area contributed by atoms with Crippen LogP contribution in [0.4, 0.5) is 0 Å². The highest BCUT2D eigenvalue weighted by molar-refractivity contribution is 7.09. The van der Waals surface area contributed by atoms with Gasteiger partial charge < -0.3 is 10.5 Å². The number of rotatable bonds is 5. The molecule has 2 aromatic rings. The van der Waals surface area contributed by atoms with E-state index >= 15 is 0 Å². The Balaban J connectivity index is 1.64. The van der Waals surface area contributed by atoms with Crippen molar-refractivity contribution in [2.45, 2.75) is 13.0 Å². The van der Waals surface area contributed by atoms with E-state index in [0.29, 0.717) is 11.6 Å². The zero-order valence-electron chi connectivity index (χ0n) is 13.0. The molecule has 5 nitrogen and oxygen atoms in total. The predicted molar refractivity (Wildman–Crippen MR) is 90.4 cm³/mol. The van der Waals surface area contributed by atoms with Crippen LogP contribution in [0.25, 0.3) is 0 Å². The molecule has 2 aromatic heterocycles. The number of nitrogens with zero attached hydrogens (tertiary/aromatic N) is 2. The summed E-state index contributed by atoms with van der Waals surface area (Å²) in [5.74, 6) is -0.114. The molecular weight excluding hydrogens is 310 g/mol. The largest absolute Gasteiger partial charge is 0.380 e. The Labute approximate surface area is 140 Å². The topological polar surface area (TPSA) is 68.5 Å². The Kier molecular flexibility index (Phi) is 5.38. The number of thiophene rings is 1. The van der Waals surface area contributed by atoms with Gasteiger partial charge in [-0.2, -0.15) is 0 Å². The van der Waals surface area contributed by atoms with Crippen LogP contribution in [0.15, 0.2) is 35.7 Å². The van der Waals surface area contributed by atoms with Gasteiger partial charge in [0, 0.05) is 36.1 Å². The van der Waals surface area contributed by atoms with Crippen LogP contribution in [-0.4, -0.2) is 42.1 Å². The fourth-order valence-corrected chi connectivity index (χ4v) is 3.62. The maximum Gasteiger partial charge on any atom is 0.267 e. The van der Waals surface area contributed by atoms with Crippen LogP contribution >= 0.6 is 11.3 Å². The van der Waals surface area contributed by atoms with Crippen molar-refractivity contribution < 1.29 is 9.53 Å². The molecule has 1 fully saturated rings. The number of amides is 1. The van der Waals surface area contributed by atoms with Crippen LogP contribution < -0.4 is 5.73 Å². The van der Waals surface area contributed by atoms with Gasteiger partial charge in [0.25, 0.3) is 5.91 Å². The van der Waals surface area contributed by atoms with E-state index in [9.17, 15) is 4.79 Å². The van der Waals surface area contributed by atoms with E-state index in [-0.39, 0.29) is 0 Å². The first-order valence-corrected chi connectivity index (χ1v) is 8.67. The van der Waals surface area contributed by atoms with Crippen molar-refractivity contribution >= 4 is 17.2 Å². The third-order valence-electron chi connectivity index (χ3n) is 3.94. The summed E-state index contributed by atoms with van der Waals surface area (Å²) in [7, 11) is 0. The van der Waals surface area contributed by atoms with E-state index in [1.54, 1.807) is 17.4 Å². The second-order valence-corrected chi connectivity index (χ2v) is 6.87. The minimum atomic E-state index is -0.483. The molecule has 3 rings (SSSR count). The Bertz CT molecular complexity index is 645. The number of ether oxygens (including phenoxy) is 1. The number of carbonyl (C=O) groups is 1. The Morgan fingerprint density at radius 1 is 1.39 bits per heavy atom. The normalized spacial score (nSPS) is 19.4. The number of pyridine rings is 1. The summed E-state index contributed by atoms with van der Waals surface area (Å²) < 4.78 is 5.75. The molecule has 23 heavy (non-hydrogen) atoms. The van der Waals surface area contributed by atoms with Crippen molar-refractivity contribution in [3.05, 3.63) is 52.0 Å². The summed E-state index contributed by atoms with van der Waals surface area (Å²) in [4.78, 5) is 19.4. The number of hydrogen-bond acceptors (Lipinski definition) is 5. The van der Waals surface area contributed by atoms with Crippen LogP contribution in [0.3, 0.4) is 0 Å². The van der Waals surface area contributed by atoms with Gasteiger partial charge in [-0.05, 0) is 30.0 Å². The molecule has 1 amide bonds. The molecule has 1 saturated heterocycles. The first-order valence-electron chi connectivity index (χ1n) is 7.79. The lowest BCUT2D eigenvalue weighted by Gasteiger charge is -2.22. The van der Waals surface area contributed by atoms with Gasteiger partial charge in [-0.15, -0.1) is 11.3 Å². The van der Waals surface area contributed by atoms with Crippen LogP contribution in [0.2, 0.25) is 0 Å². The lowest BCUT2D eigenvalue weighted by molar-refractivity contribution is 0.0995. The van der Waals surface area contributed by atoms with Crippen LogP contribution in [-0.2, 0) is 17.7 Å². The first kappa shape index (κ1) is 16.1. The second-order valence-electron chi connectivity index (χ2n) is 5.84. The van der Waals surface area contributed by atoms with Gasteiger partial charge in [-0.3, -0.25) is 9.69 Å². The average Bonchev–Trinajstić information content (AvgIpc) is 2.94. The van der Waals surface area contributed by atoms with Crippen LogP contribution in [0.5, 0.6) is 0 Å². The third kappa shape index (κ3) is 4.60. The van der Waals surface area contributed by atoms with Gasteiger partial charge in [-0.25, -0.2) is 4.98 Å². The van der Waals surface area contributed by atoms with Gasteiger partial charge in [0.1, 0.15) is 5.69 Å². The monoisotopic (exact) mass is 331 g/mol. The van der Waals surface area contributed by atoms with E-state index in [2.05, 4.69) is 27.4 Å². The molecule has 1 atom stereocenters. The summed E-state index contributed by atoms with van der Waals surface area (Å²) in [6.07, 6.45) is 0.794. The zero-order valence-corrected chi connectivity index (χ0v) is 13.8. The fourth-order valence-electron chi connectivity index (χ4n) is 2.87. The molecule has 0 bridgehead atoms. The van der Waals surface area contributed by atoms with Gasteiger partial charge in [0.05, 0.1) is 13.2 Å². The quantitative estimate of drug-likeness (QED) is 0.909. The van der Waals surface area contributed by atoms with Crippen molar-refractivity contribution in [2.75, 3.05) is 26.3 Å². The highest BCUT2D eigenvalue weighted by Crippen LogP contribution is 2.17. The van der Waals surface area contributed by atoms with Crippen molar-refractivity contribution in [2.24, 2.45) is 11.7 Å². The molecule has 1 aliphatic heterocycles. The van der Waals surface area contributed by atoms with E-state index in [1.807, 2.05) is 12.1 Å². The number of aromatic nitrogens is 1.